The number of anilines is 1. The molecular formula is C17H20N4O2. The molecular weight excluding hydrogens is 292 g/mol. The number of methoxy groups -OCH3 is 2. The van der Waals surface area contributed by atoms with Gasteiger partial charge in [0.25, 0.3) is 0 Å². The molecule has 0 unspecified atom stereocenters. The summed E-state index contributed by atoms with van der Waals surface area (Å²) in [6, 6.07) is 9.79. The number of benzene rings is 1. The van der Waals surface area contributed by atoms with Crippen molar-refractivity contribution in [1.29, 1.82) is 0 Å². The number of aryl methyl sites for hydroxylation is 1. The van der Waals surface area contributed by atoms with E-state index in [2.05, 4.69) is 14.9 Å². The fraction of sp³-hybridized carbons (Fsp3) is 0.294. The Morgan fingerprint density at radius 3 is 2.61 bits per heavy atom. The van der Waals surface area contributed by atoms with Gasteiger partial charge in [-0.05, 0) is 29.8 Å². The molecule has 2 aromatic heterocycles. The van der Waals surface area contributed by atoms with Crippen LogP contribution in [0.5, 0.6) is 11.5 Å². The van der Waals surface area contributed by atoms with Gasteiger partial charge in [0.15, 0.2) is 17.1 Å². The predicted molar refractivity (Wildman–Crippen MR) is 90.2 cm³/mol. The maximum absolute atomic E-state index is 5.36. The standard InChI is InChI=1S/C17H20N4O2/c1-20(11-12-7-8-14(22-3)15(10-12)23-4)17-19-13-6-5-9-18-16(13)21(17)2/h5-10H,11H2,1-4H3. The number of fused-ring (bicyclic) bond motifs is 1. The number of hydrogen-bond donors (Lipinski definition) is 0. The minimum Gasteiger partial charge on any atom is -0.493 e. The lowest BCUT2D eigenvalue weighted by Crippen LogP contribution is -2.20. The fourth-order valence-corrected chi connectivity index (χ4v) is 2.68. The van der Waals surface area contributed by atoms with Gasteiger partial charge in [0.05, 0.1) is 14.2 Å². The van der Waals surface area contributed by atoms with Gasteiger partial charge in [-0.25, -0.2) is 9.97 Å². The molecule has 2 heterocycles. The van der Waals surface area contributed by atoms with Crippen molar-refractivity contribution >= 4 is 17.1 Å². The highest BCUT2D eigenvalue weighted by atomic mass is 16.5. The summed E-state index contributed by atoms with van der Waals surface area (Å²) < 4.78 is 12.6. The molecule has 120 valence electrons. The summed E-state index contributed by atoms with van der Waals surface area (Å²) in [6.07, 6.45) is 1.78. The van der Waals surface area contributed by atoms with Crippen molar-refractivity contribution in [2.75, 3.05) is 26.2 Å². The SMILES string of the molecule is COc1ccc(CN(C)c2nc3cccnc3n2C)cc1OC. The van der Waals surface area contributed by atoms with Crippen LogP contribution in [0.1, 0.15) is 5.56 Å². The molecule has 0 radical (unpaired) electrons. The lowest BCUT2D eigenvalue weighted by Gasteiger charge is -2.19. The van der Waals surface area contributed by atoms with Crippen LogP contribution in [0.25, 0.3) is 11.2 Å². The van der Waals surface area contributed by atoms with Crippen LogP contribution >= 0.6 is 0 Å². The third kappa shape index (κ3) is 2.79. The van der Waals surface area contributed by atoms with Crippen molar-refractivity contribution in [3.05, 3.63) is 42.1 Å². The van der Waals surface area contributed by atoms with Crippen molar-refractivity contribution in [3.8, 4) is 11.5 Å². The Morgan fingerprint density at radius 2 is 1.91 bits per heavy atom. The van der Waals surface area contributed by atoms with Crippen molar-refractivity contribution in [3.63, 3.8) is 0 Å². The predicted octanol–water partition coefficient (Wildman–Crippen LogP) is 2.62. The minimum atomic E-state index is 0.706. The number of ether oxygens (including phenoxy) is 2. The van der Waals surface area contributed by atoms with Gasteiger partial charge < -0.3 is 14.4 Å². The Balaban J connectivity index is 1.88. The summed E-state index contributed by atoms with van der Waals surface area (Å²) in [5, 5.41) is 0. The monoisotopic (exact) mass is 312 g/mol. The van der Waals surface area contributed by atoms with Crippen molar-refractivity contribution in [2.24, 2.45) is 7.05 Å². The summed E-state index contributed by atoms with van der Waals surface area (Å²) >= 11 is 0. The molecule has 0 amide bonds. The molecule has 0 bridgehead atoms. The molecule has 0 saturated carbocycles. The summed E-state index contributed by atoms with van der Waals surface area (Å²) in [4.78, 5) is 11.1. The van der Waals surface area contributed by atoms with E-state index in [1.54, 1.807) is 20.4 Å². The second-order valence-electron chi connectivity index (χ2n) is 5.36. The van der Waals surface area contributed by atoms with Crippen LogP contribution in [0.15, 0.2) is 36.5 Å². The molecule has 3 rings (SSSR count). The third-order valence-electron chi connectivity index (χ3n) is 3.81. The van der Waals surface area contributed by atoms with E-state index in [-0.39, 0.29) is 0 Å². The zero-order valence-electron chi connectivity index (χ0n) is 13.8. The second kappa shape index (κ2) is 6.16. The molecule has 0 aliphatic heterocycles. The lowest BCUT2D eigenvalue weighted by atomic mass is 10.2. The van der Waals surface area contributed by atoms with Gasteiger partial charge in [0.1, 0.15) is 5.52 Å². The summed E-state index contributed by atoms with van der Waals surface area (Å²) in [5.41, 5.74) is 2.89. The van der Waals surface area contributed by atoms with Crippen molar-refractivity contribution in [1.82, 2.24) is 14.5 Å². The number of hydrogen-bond acceptors (Lipinski definition) is 5. The van der Waals surface area contributed by atoms with Gasteiger partial charge in [0, 0.05) is 26.8 Å². The Labute approximate surface area is 135 Å². The van der Waals surface area contributed by atoms with E-state index >= 15 is 0 Å². The Kier molecular flexibility index (Phi) is 4.06. The van der Waals surface area contributed by atoms with E-state index in [1.807, 2.05) is 49.0 Å². The van der Waals surface area contributed by atoms with Crippen LogP contribution in [0, 0.1) is 0 Å². The normalized spacial score (nSPS) is 10.8. The van der Waals surface area contributed by atoms with Crippen LogP contribution < -0.4 is 14.4 Å². The Hall–Kier alpha value is -2.76. The lowest BCUT2D eigenvalue weighted by molar-refractivity contribution is 0.354. The van der Waals surface area contributed by atoms with Gasteiger partial charge >= 0.3 is 0 Å². The van der Waals surface area contributed by atoms with E-state index in [0.717, 1.165) is 34.2 Å². The number of nitrogens with zero attached hydrogens (tertiary/aromatic N) is 4. The van der Waals surface area contributed by atoms with E-state index in [1.165, 1.54) is 0 Å². The van der Waals surface area contributed by atoms with Crippen LogP contribution in [-0.2, 0) is 13.6 Å². The molecule has 0 saturated heterocycles. The van der Waals surface area contributed by atoms with Gasteiger partial charge in [-0.3, -0.25) is 4.57 Å². The molecule has 0 aliphatic carbocycles. The van der Waals surface area contributed by atoms with Crippen molar-refractivity contribution in [2.45, 2.75) is 6.54 Å². The first-order valence-corrected chi connectivity index (χ1v) is 7.33. The smallest absolute Gasteiger partial charge is 0.207 e. The molecule has 0 fully saturated rings. The number of rotatable bonds is 5. The first-order chi connectivity index (χ1) is 11.1. The molecule has 6 nitrogen and oxygen atoms in total. The maximum Gasteiger partial charge on any atom is 0.207 e. The van der Waals surface area contributed by atoms with E-state index < -0.39 is 0 Å². The first-order valence-electron chi connectivity index (χ1n) is 7.33. The average Bonchev–Trinajstić information content (AvgIpc) is 2.92. The summed E-state index contributed by atoms with van der Waals surface area (Å²) in [7, 11) is 7.26. The summed E-state index contributed by atoms with van der Waals surface area (Å²) in [5.74, 6) is 2.32. The van der Waals surface area contributed by atoms with Crippen LogP contribution in [-0.4, -0.2) is 35.8 Å². The van der Waals surface area contributed by atoms with Crippen LogP contribution in [0.4, 0.5) is 5.95 Å². The molecule has 1 aromatic carbocycles. The largest absolute Gasteiger partial charge is 0.493 e. The molecule has 0 spiro atoms. The topological polar surface area (TPSA) is 52.4 Å². The van der Waals surface area contributed by atoms with Gasteiger partial charge in [-0.15, -0.1) is 0 Å². The number of imidazole rings is 1. The molecule has 6 heteroatoms. The highest BCUT2D eigenvalue weighted by molar-refractivity contribution is 5.74. The Bertz CT molecular complexity index is 829. The summed E-state index contributed by atoms with van der Waals surface area (Å²) in [6.45, 7) is 0.706. The average molecular weight is 312 g/mol. The number of pyridine rings is 1. The van der Waals surface area contributed by atoms with Gasteiger partial charge in [0.2, 0.25) is 5.95 Å². The highest BCUT2D eigenvalue weighted by Gasteiger charge is 2.13. The van der Waals surface area contributed by atoms with E-state index in [4.69, 9.17) is 9.47 Å². The second-order valence-corrected chi connectivity index (χ2v) is 5.36. The molecule has 23 heavy (non-hydrogen) atoms. The van der Waals surface area contributed by atoms with Gasteiger partial charge in [-0.1, -0.05) is 6.07 Å². The molecule has 0 N–H and O–H groups in total. The van der Waals surface area contributed by atoms with Crippen LogP contribution in [0.2, 0.25) is 0 Å². The van der Waals surface area contributed by atoms with Crippen LogP contribution in [0.3, 0.4) is 0 Å². The quantitative estimate of drug-likeness (QED) is 0.725. The first kappa shape index (κ1) is 15.1. The highest BCUT2D eigenvalue weighted by Crippen LogP contribution is 2.28. The minimum absolute atomic E-state index is 0.706. The van der Waals surface area contributed by atoms with E-state index in [0.29, 0.717) is 6.54 Å². The Morgan fingerprint density at radius 1 is 1.13 bits per heavy atom. The van der Waals surface area contributed by atoms with Gasteiger partial charge in [-0.2, -0.15) is 0 Å². The third-order valence-corrected chi connectivity index (χ3v) is 3.81. The zero-order valence-corrected chi connectivity index (χ0v) is 13.8. The van der Waals surface area contributed by atoms with E-state index in [9.17, 15) is 0 Å². The molecule has 0 atom stereocenters. The fourth-order valence-electron chi connectivity index (χ4n) is 2.68. The number of aromatic nitrogens is 3. The van der Waals surface area contributed by atoms with Crippen molar-refractivity contribution < 1.29 is 9.47 Å². The zero-order chi connectivity index (χ0) is 16.4. The maximum atomic E-state index is 5.36. The molecule has 3 aromatic rings. The molecule has 0 aliphatic rings.